The van der Waals surface area contributed by atoms with Crippen LogP contribution < -0.4 is 5.32 Å². The SMILES string of the molecule is CC(=O)N[C@@H]1CCCN(CC(C)(C)c2ccccc2)C1. The first-order valence-corrected chi connectivity index (χ1v) is 7.52. The standard InChI is InChI=1S/C17H26N2O/c1-14(20)18-16-10-7-11-19(12-16)13-17(2,3)15-8-5-4-6-9-15/h4-6,8-9,16H,7,10-13H2,1-3H3,(H,18,20)/t16-/m1/s1. The maximum absolute atomic E-state index is 11.2. The lowest BCUT2D eigenvalue weighted by Gasteiger charge is -2.38. The van der Waals surface area contributed by atoms with Gasteiger partial charge in [-0.1, -0.05) is 44.2 Å². The molecule has 0 saturated carbocycles. The van der Waals surface area contributed by atoms with Crippen molar-refractivity contribution in [2.75, 3.05) is 19.6 Å². The van der Waals surface area contributed by atoms with Crippen LogP contribution in [0.5, 0.6) is 0 Å². The molecule has 0 aromatic heterocycles. The Balaban J connectivity index is 1.96. The second kappa shape index (κ2) is 6.40. The number of likely N-dealkylation sites (tertiary alicyclic amines) is 1. The Morgan fingerprint density at radius 2 is 2.05 bits per heavy atom. The molecule has 2 rings (SSSR count). The third kappa shape index (κ3) is 4.07. The molecule has 0 aliphatic carbocycles. The molecule has 3 heteroatoms. The van der Waals surface area contributed by atoms with Crippen LogP contribution in [0.4, 0.5) is 0 Å². The number of piperidine rings is 1. The largest absolute Gasteiger partial charge is 0.352 e. The van der Waals surface area contributed by atoms with Crippen molar-refractivity contribution in [3.8, 4) is 0 Å². The van der Waals surface area contributed by atoms with Crippen molar-refractivity contribution >= 4 is 5.91 Å². The number of carbonyl (C=O) groups excluding carboxylic acids is 1. The topological polar surface area (TPSA) is 32.3 Å². The highest BCUT2D eigenvalue weighted by Gasteiger charge is 2.27. The van der Waals surface area contributed by atoms with E-state index in [4.69, 9.17) is 0 Å². The molecule has 1 aliphatic rings. The Bertz CT molecular complexity index is 442. The van der Waals surface area contributed by atoms with Gasteiger partial charge >= 0.3 is 0 Å². The van der Waals surface area contributed by atoms with Crippen LogP contribution in [0.3, 0.4) is 0 Å². The normalized spacial score (nSPS) is 20.6. The zero-order chi connectivity index (χ0) is 14.6. The van der Waals surface area contributed by atoms with Crippen LogP contribution >= 0.6 is 0 Å². The highest BCUT2D eigenvalue weighted by atomic mass is 16.1. The second-order valence-corrected chi connectivity index (χ2v) is 6.52. The summed E-state index contributed by atoms with van der Waals surface area (Å²) in [5.41, 5.74) is 1.51. The summed E-state index contributed by atoms with van der Waals surface area (Å²) < 4.78 is 0. The molecule has 0 radical (unpaired) electrons. The Hall–Kier alpha value is -1.35. The Labute approximate surface area is 122 Å². The predicted octanol–water partition coefficient (Wildman–Crippen LogP) is 2.56. The van der Waals surface area contributed by atoms with Crippen LogP contribution in [0, 0.1) is 0 Å². The highest BCUT2D eigenvalue weighted by molar-refractivity contribution is 5.73. The third-order valence-electron chi connectivity index (χ3n) is 4.09. The van der Waals surface area contributed by atoms with Crippen LogP contribution in [-0.4, -0.2) is 36.5 Å². The minimum Gasteiger partial charge on any atom is -0.352 e. The summed E-state index contributed by atoms with van der Waals surface area (Å²) in [5.74, 6) is 0.0826. The molecule has 1 atom stereocenters. The van der Waals surface area contributed by atoms with Crippen molar-refractivity contribution in [1.29, 1.82) is 0 Å². The molecule has 1 aliphatic heterocycles. The van der Waals surface area contributed by atoms with Crippen molar-refractivity contribution in [1.82, 2.24) is 10.2 Å². The number of rotatable bonds is 4. The number of nitrogens with zero attached hydrogens (tertiary/aromatic N) is 1. The number of benzene rings is 1. The van der Waals surface area contributed by atoms with Gasteiger partial charge in [0.15, 0.2) is 0 Å². The minimum atomic E-state index is 0.0826. The Kier molecular flexibility index (Phi) is 4.81. The summed E-state index contributed by atoms with van der Waals surface area (Å²) in [7, 11) is 0. The van der Waals surface area contributed by atoms with E-state index in [9.17, 15) is 4.79 Å². The van der Waals surface area contributed by atoms with Crippen molar-refractivity contribution in [3.05, 3.63) is 35.9 Å². The number of hydrogen-bond acceptors (Lipinski definition) is 2. The number of carbonyl (C=O) groups is 1. The van der Waals surface area contributed by atoms with E-state index in [1.165, 1.54) is 5.56 Å². The lowest BCUT2D eigenvalue weighted by Crippen LogP contribution is -2.50. The molecular formula is C17H26N2O. The molecule has 1 aromatic carbocycles. The first kappa shape index (κ1) is 15.0. The quantitative estimate of drug-likeness (QED) is 0.915. The van der Waals surface area contributed by atoms with Gasteiger partial charge < -0.3 is 10.2 Å². The summed E-state index contributed by atoms with van der Waals surface area (Å²) in [5, 5.41) is 3.06. The van der Waals surface area contributed by atoms with Crippen LogP contribution in [-0.2, 0) is 10.2 Å². The average Bonchev–Trinajstić information content (AvgIpc) is 2.39. The zero-order valence-electron chi connectivity index (χ0n) is 12.9. The second-order valence-electron chi connectivity index (χ2n) is 6.52. The Morgan fingerprint density at radius 1 is 1.35 bits per heavy atom. The number of amides is 1. The van der Waals surface area contributed by atoms with E-state index in [1.807, 2.05) is 0 Å². The number of hydrogen-bond donors (Lipinski definition) is 1. The van der Waals surface area contributed by atoms with Gasteiger partial charge in [-0.2, -0.15) is 0 Å². The van der Waals surface area contributed by atoms with E-state index in [2.05, 4.69) is 54.4 Å². The van der Waals surface area contributed by atoms with E-state index in [1.54, 1.807) is 6.92 Å². The molecule has 1 aromatic rings. The van der Waals surface area contributed by atoms with Crippen LogP contribution in [0.1, 0.15) is 39.2 Å². The molecule has 0 bridgehead atoms. The van der Waals surface area contributed by atoms with E-state index in [-0.39, 0.29) is 11.3 Å². The Morgan fingerprint density at radius 3 is 2.70 bits per heavy atom. The predicted molar refractivity (Wildman–Crippen MR) is 82.7 cm³/mol. The summed E-state index contributed by atoms with van der Waals surface area (Å²) in [6.45, 7) is 9.33. The highest BCUT2D eigenvalue weighted by Crippen LogP contribution is 2.25. The molecule has 1 N–H and O–H groups in total. The van der Waals surface area contributed by atoms with Crippen LogP contribution in [0.25, 0.3) is 0 Å². The molecule has 1 amide bonds. The monoisotopic (exact) mass is 274 g/mol. The van der Waals surface area contributed by atoms with Gasteiger partial charge in [0.1, 0.15) is 0 Å². The summed E-state index contributed by atoms with van der Waals surface area (Å²) in [4.78, 5) is 13.7. The first-order chi connectivity index (χ1) is 9.47. The fraction of sp³-hybridized carbons (Fsp3) is 0.588. The first-order valence-electron chi connectivity index (χ1n) is 7.52. The molecule has 3 nitrogen and oxygen atoms in total. The lowest BCUT2D eigenvalue weighted by atomic mass is 9.83. The summed E-state index contributed by atoms with van der Waals surface area (Å²) >= 11 is 0. The number of nitrogens with one attached hydrogen (secondary N) is 1. The van der Waals surface area contributed by atoms with Crippen LogP contribution in [0.15, 0.2) is 30.3 Å². The van der Waals surface area contributed by atoms with Gasteiger partial charge in [-0.25, -0.2) is 0 Å². The maximum Gasteiger partial charge on any atom is 0.217 e. The van der Waals surface area contributed by atoms with Gasteiger partial charge in [0.25, 0.3) is 0 Å². The lowest BCUT2D eigenvalue weighted by molar-refractivity contribution is -0.120. The third-order valence-corrected chi connectivity index (χ3v) is 4.09. The van der Waals surface area contributed by atoms with Crippen molar-refractivity contribution < 1.29 is 4.79 Å². The van der Waals surface area contributed by atoms with Gasteiger partial charge in [0, 0.05) is 31.5 Å². The zero-order valence-corrected chi connectivity index (χ0v) is 12.9. The van der Waals surface area contributed by atoms with Crippen molar-refractivity contribution in [2.45, 2.75) is 45.1 Å². The van der Waals surface area contributed by atoms with Gasteiger partial charge in [0.2, 0.25) is 5.91 Å². The van der Waals surface area contributed by atoms with Crippen LogP contribution in [0.2, 0.25) is 0 Å². The minimum absolute atomic E-state index is 0.0826. The maximum atomic E-state index is 11.2. The van der Waals surface area contributed by atoms with Gasteiger partial charge in [-0.15, -0.1) is 0 Å². The molecule has 0 unspecified atom stereocenters. The molecule has 0 spiro atoms. The molecule has 1 fully saturated rings. The molecule has 1 heterocycles. The van der Waals surface area contributed by atoms with E-state index < -0.39 is 0 Å². The van der Waals surface area contributed by atoms with E-state index >= 15 is 0 Å². The average molecular weight is 274 g/mol. The van der Waals surface area contributed by atoms with Gasteiger partial charge in [0.05, 0.1) is 0 Å². The van der Waals surface area contributed by atoms with E-state index in [0.717, 1.165) is 32.5 Å². The summed E-state index contributed by atoms with van der Waals surface area (Å²) in [6, 6.07) is 11.0. The molecular weight excluding hydrogens is 248 g/mol. The van der Waals surface area contributed by atoms with Gasteiger partial charge in [-0.3, -0.25) is 4.79 Å². The van der Waals surface area contributed by atoms with E-state index in [0.29, 0.717) is 6.04 Å². The fourth-order valence-electron chi connectivity index (χ4n) is 3.14. The smallest absolute Gasteiger partial charge is 0.217 e. The van der Waals surface area contributed by atoms with Gasteiger partial charge in [-0.05, 0) is 24.9 Å². The van der Waals surface area contributed by atoms with Crippen molar-refractivity contribution in [2.24, 2.45) is 0 Å². The molecule has 110 valence electrons. The molecule has 1 saturated heterocycles. The fourth-order valence-corrected chi connectivity index (χ4v) is 3.14. The summed E-state index contributed by atoms with van der Waals surface area (Å²) in [6.07, 6.45) is 2.26. The van der Waals surface area contributed by atoms with Crippen molar-refractivity contribution in [3.63, 3.8) is 0 Å². The molecule has 20 heavy (non-hydrogen) atoms.